The third-order valence-electron chi connectivity index (χ3n) is 2.72. The molecule has 5 nitrogen and oxygen atoms in total. The molecule has 1 aromatic rings. The Morgan fingerprint density at radius 3 is 2.63 bits per heavy atom. The van der Waals surface area contributed by atoms with Gasteiger partial charge in [-0.25, -0.2) is 8.42 Å². The number of hydrogen-bond donors (Lipinski definition) is 2. The third kappa shape index (κ3) is 5.30. The van der Waals surface area contributed by atoms with Crippen molar-refractivity contribution in [1.29, 1.82) is 0 Å². The Morgan fingerprint density at radius 1 is 1.37 bits per heavy atom. The first kappa shape index (κ1) is 15.5. The molecule has 19 heavy (non-hydrogen) atoms. The van der Waals surface area contributed by atoms with Gasteiger partial charge in [0.1, 0.15) is 0 Å². The van der Waals surface area contributed by atoms with Gasteiger partial charge in [0.15, 0.2) is 9.84 Å². The maximum absolute atomic E-state index is 11.6. The molecule has 0 aliphatic carbocycles. The van der Waals surface area contributed by atoms with E-state index in [1.165, 1.54) is 0 Å². The number of carbonyl (C=O) groups excluding carboxylic acids is 1. The summed E-state index contributed by atoms with van der Waals surface area (Å²) in [5.74, 6) is -0.167. The SMILES string of the molecule is CC(C)S(=O)(=O)CCCC(=O)Nc1cccc(N)c1. The van der Waals surface area contributed by atoms with Gasteiger partial charge in [0.25, 0.3) is 0 Å². The van der Waals surface area contributed by atoms with Crippen LogP contribution in [0.3, 0.4) is 0 Å². The third-order valence-corrected chi connectivity index (χ3v) is 5.02. The molecule has 0 aromatic heterocycles. The zero-order valence-electron chi connectivity index (χ0n) is 11.2. The van der Waals surface area contributed by atoms with Gasteiger partial charge in [0, 0.05) is 17.8 Å². The zero-order valence-corrected chi connectivity index (χ0v) is 12.0. The monoisotopic (exact) mass is 284 g/mol. The van der Waals surface area contributed by atoms with Crippen molar-refractivity contribution in [2.75, 3.05) is 16.8 Å². The van der Waals surface area contributed by atoms with Crippen molar-refractivity contribution < 1.29 is 13.2 Å². The van der Waals surface area contributed by atoms with Crippen molar-refractivity contribution in [3.63, 3.8) is 0 Å². The van der Waals surface area contributed by atoms with Crippen molar-refractivity contribution in [3.05, 3.63) is 24.3 Å². The quantitative estimate of drug-likeness (QED) is 0.780. The fourth-order valence-corrected chi connectivity index (χ4v) is 2.53. The molecular weight excluding hydrogens is 264 g/mol. The van der Waals surface area contributed by atoms with Gasteiger partial charge in [-0.15, -0.1) is 0 Å². The molecule has 0 radical (unpaired) electrons. The Labute approximate surface area is 114 Å². The summed E-state index contributed by atoms with van der Waals surface area (Å²) in [6, 6.07) is 6.86. The van der Waals surface area contributed by atoms with Crippen molar-refractivity contribution in [3.8, 4) is 0 Å². The molecule has 1 aromatic carbocycles. The van der Waals surface area contributed by atoms with Crippen LogP contribution in [0.4, 0.5) is 11.4 Å². The Bertz CT molecular complexity index is 539. The minimum atomic E-state index is -3.07. The van der Waals surface area contributed by atoms with E-state index >= 15 is 0 Å². The maximum Gasteiger partial charge on any atom is 0.224 e. The number of nitrogens with one attached hydrogen (secondary N) is 1. The lowest BCUT2D eigenvalue weighted by atomic mass is 10.2. The Balaban J connectivity index is 2.41. The molecule has 0 aliphatic heterocycles. The zero-order chi connectivity index (χ0) is 14.5. The van der Waals surface area contributed by atoms with Crippen LogP contribution in [0.25, 0.3) is 0 Å². The first-order valence-corrected chi connectivity index (χ1v) is 7.90. The van der Waals surface area contributed by atoms with E-state index in [4.69, 9.17) is 5.73 Å². The number of nitrogen functional groups attached to an aromatic ring is 1. The summed E-state index contributed by atoms with van der Waals surface area (Å²) in [4.78, 5) is 11.6. The summed E-state index contributed by atoms with van der Waals surface area (Å²) in [6.07, 6.45) is 0.509. The van der Waals surface area contributed by atoms with Gasteiger partial charge < -0.3 is 11.1 Å². The predicted octanol–water partition coefficient (Wildman–Crippen LogP) is 1.81. The molecule has 1 rings (SSSR count). The topological polar surface area (TPSA) is 89.3 Å². The minimum absolute atomic E-state index is 0.0367. The second-order valence-corrected chi connectivity index (χ2v) is 7.37. The lowest BCUT2D eigenvalue weighted by Crippen LogP contribution is -2.19. The molecule has 0 fully saturated rings. The smallest absolute Gasteiger partial charge is 0.224 e. The highest BCUT2D eigenvalue weighted by Crippen LogP contribution is 2.12. The molecule has 0 heterocycles. The van der Waals surface area contributed by atoms with Gasteiger partial charge in [-0.1, -0.05) is 6.07 Å². The fourth-order valence-electron chi connectivity index (χ4n) is 1.51. The van der Waals surface area contributed by atoms with Crippen molar-refractivity contribution in [2.24, 2.45) is 0 Å². The highest BCUT2D eigenvalue weighted by molar-refractivity contribution is 7.91. The highest BCUT2D eigenvalue weighted by atomic mass is 32.2. The molecule has 6 heteroatoms. The molecule has 0 saturated heterocycles. The Hall–Kier alpha value is -1.56. The lowest BCUT2D eigenvalue weighted by molar-refractivity contribution is -0.116. The van der Waals surface area contributed by atoms with E-state index in [9.17, 15) is 13.2 Å². The lowest BCUT2D eigenvalue weighted by Gasteiger charge is -2.08. The van der Waals surface area contributed by atoms with Crippen LogP contribution in [0.2, 0.25) is 0 Å². The first-order chi connectivity index (χ1) is 8.81. The van der Waals surface area contributed by atoms with Crippen LogP contribution in [-0.4, -0.2) is 25.3 Å². The van der Waals surface area contributed by atoms with Crippen LogP contribution in [0.15, 0.2) is 24.3 Å². The van der Waals surface area contributed by atoms with Crippen LogP contribution in [-0.2, 0) is 14.6 Å². The van der Waals surface area contributed by atoms with E-state index in [0.29, 0.717) is 17.8 Å². The molecule has 0 saturated carbocycles. The number of rotatable bonds is 6. The summed E-state index contributed by atoms with van der Waals surface area (Å²) in [5, 5.41) is 2.29. The van der Waals surface area contributed by atoms with E-state index in [1.54, 1.807) is 38.1 Å². The van der Waals surface area contributed by atoms with Crippen LogP contribution in [0.5, 0.6) is 0 Å². The molecule has 0 spiro atoms. The van der Waals surface area contributed by atoms with Crippen LogP contribution in [0.1, 0.15) is 26.7 Å². The molecule has 0 aliphatic rings. The first-order valence-electron chi connectivity index (χ1n) is 6.18. The van der Waals surface area contributed by atoms with Gasteiger partial charge in [-0.3, -0.25) is 4.79 Å². The molecular formula is C13H20N2O3S. The van der Waals surface area contributed by atoms with E-state index in [-0.39, 0.29) is 18.1 Å². The summed E-state index contributed by atoms with van der Waals surface area (Å²) in [6.45, 7) is 3.28. The average Bonchev–Trinajstić information content (AvgIpc) is 2.28. The normalized spacial score (nSPS) is 11.5. The minimum Gasteiger partial charge on any atom is -0.399 e. The van der Waals surface area contributed by atoms with Gasteiger partial charge in [-0.2, -0.15) is 0 Å². The van der Waals surface area contributed by atoms with Gasteiger partial charge in [0.2, 0.25) is 5.91 Å². The summed E-state index contributed by atoms with van der Waals surface area (Å²) < 4.78 is 23.1. The maximum atomic E-state index is 11.6. The molecule has 0 bridgehead atoms. The summed E-state index contributed by atoms with van der Waals surface area (Å²) >= 11 is 0. The van der Waals surface area contributed by atoms with E-state index in [0.717, 1.165) is 0 Å². The molecule has 3 N–H and O–H groups in total. The number of anilines is 2. The van der Waals surface area contributed by atoms with Crippen molar-refractivity contribution >= 4 is 27.1 Å². The van der Waals surface area contributed by atoms with E-state index in [2.05, 4.69) is 5.32 Å². The van der Waals surface area contributed by atoms with Gasteiger partial charge >= 0.3 is 0 Å². The molecule has 106 valence electrons. The number of amides is 1. The number of carbonyl (C=O) groups is 1. The van der Waals surface area contributed by atoms with E-state index < -0.39 is 15.1 Å². The fraction of sp³-hybridized carbons (Fsp3) is 0.462. The Kier molecular flexibility index (Phi) is 5.35. The van der Waals surface area contributed by atoms with Crippen LogP contribution >= 0.6 is 0 Å². The number of sulfone groups is 1. The van der Waals surface area contributed by atoms with Gasteiger partial charge in [0.05, 0.1) is 11.0 Å². The van der Waals surface area contributed by atoms with Crippen molar-refractivity contribution in [1.82, 2.24) is 0 Å². The predicted molar refractivity (Wildman–Crippen MR) is 77.6 cm³/mol. The number of hydrogen-bond acceptors (Lipinski definition) is 4. The number of nitrogens with two attached hydrogens (primary N) is 1. The Morgan fingerprint density at radius 2 is 2.05 bits per heavy atom. The van der Waals surface area contributed by atoms with Crippen LogP contribution < -0.4 is 11.1 Å². The highest BCUT2D eigenvalue weighted by Gasteiger charge is 2.16. The van der Waals surface area contributed by atoms with Crippen molar-refractivity contribution in [2.45, 2.75) is 31.9 Å². The standard InChI is InChI=1S/C13H20N2O3S/c1-10(2)19(17,18)8-4-7-13(16)15-12-6-3-5-11(14)9-12/h3,5-6,9-10H,4,7-8,14H2,1-2H3,(H,15,16). The molecule has 1 amide bonds. The van der Waals surface area contributed by atoms with Gasteiger partial charge in [-0.05, 0) is 38.5 Å². The van der Waals surface area contributed by atoms with E-state index in [1.807, 2.05) is 0 Å². The summed E-state index contributed by atoms with van der Waals surface area (Å²) in [7, 11) is -3.07. The largest absolute Gasteiger partial charge is 0.399 e. The average molecular weight is 284 g/mol. The molecule has 0 atom stereocenters. The number of benzene rings is 1. The molecule has 0 unspecified atom stereocenters. The second kappa shape index (κ2) is 6.56. The second-order valence-electron chi connectivity index (χ2n) is 4.69. The van der Waals surface area contributed by atoms with Crippen LogP contribution in [0, 0.1) is 0 Å². The summed E-state index contributed by atoms with van der Waals surface area (Å²) in [5.41, 5.74) is 6.79.